The summed E-state index contributed by atoms with van der Waals surface area (Å²) in [6, 6.07) is 24.3. The molecule has 0 radical (unpaired) electrons. The molecular weight excluding hydrogens is 559 g/mol. The van der Waals surface area contributed by atoms with Crippen LogP contribution in [0.3, 0.4) is 0 Å². The Kier molecular flexibility index (Phi) is 6.46. The molecule has 3 aromatic carbocycles. The topological polar surface area (TPSA) is 57.9 Å². The lowest BCUT2D eigenvalue weighted by Gasteiger charge is -2.30. The monoisotopic (exact) mass is 584 g/mol. The Bertz CT molecular complexity index is 1440. The van der Waals surface area contributed by atoms with Gasteiger partial charge in [0, 0.05) is 40.7 Å². The van der Waals surface area contributed by atoms with Gasteiger partial charge < -0.3 is 4.90 Å². The second-order valence-electron chi connectivity index (χ2n) is 8.37. The highest BCUT2D eigenvalue weighted by atomic mass is 127. The first-order chi connectivity index (χ1) is 16.4. The molecule has 6 nitrogen and oxygen atoms in total. The number of hydrogen-bond donors (Lipinski definition) is 0. The van der Waals surface area contributed by atoms with Crippen molar-refractivity contribution in [3.05, 3.63) is 88.0 Å². The fourth-order valence-corrected chi connectivity index (χ4v) is 6.16. The second kappa shape index (κ2) is 9.52. The van der Waals surface area contributed by atoms with E-state index in [4.69, 9.17) is 5.10 Å². The van der Waals surface area contributed by atoms with E-state index in [0.717, 1.165) is 46.3 Å². The number of nitrogens with zero attached hydrogens (tertiary/aromatic N) is 4. The SMILES string of the molecule is CN1CCN(/N=C/c2c(-c3ccccc3)n(S(=O)(=O)c3ccc(I)cc3)c3ccccc23)CC1. The van der Waals surface area contributed by atoms with E-state index >= 15 is 0 Å². The number of halogens is 1. The van der Waals surface area contributed by atoms with Crippen molar-refractivity contribution >= 4 is 49.7 Å². The number of likely N-dealkylation sites (N-methyl/N-ethyl adjacent to an activating group) is 1. The van der Waals surface area contributed by atoms with Gasteiger partial charge in [0.15, 0.2) is 0 Å². The molecule has 8 heteroatoms. The minimum atomic E-state index is -3.86. The number of benzene rings is 3. The number of hydrazone groups is 1. The van der Waals surface area contributed by atoms with Crippen molar-refractivity contribution in [3.63, 3.8) is 0 Å². The van der Waals surface area contributed by atoms with E-state index in [1.165, 1.54) is 3.97 Å². The normalized spacial score (nSPS) is 15.4. The predicted octanol–water partition coefficient (Wildman–Crippen LogP) is 4.73. The van der Waals surface area contributed by atoms with Crippen LogP contribution in [-0.2, 0) is 10.0 Å². The molecule has 0 N–H and O–H groups in total. The number of piperazine rings is 1. The van der Waals surface area contributed by atoms with Gasteiger partial charge >= 0.3 is 0 Å². The molecular formula is C26H25IN4O2S. The second-order valence-corrected chi connectivity index (χ2v) is 11.4. The van der Waals surface area contributed by atoms with Gasteiger partial charge in [-0.05, 0) is 65.5 Å². The van der Waals surface area contributed by atoms with E-state index in [2.05, 4.69) is 39.5 Å². The van der Waals surface area contributed by atoms with Gasteiger partial charge in [-0.3, -0.25) is 5.01 Å². The average molecular weight is 584 g/mol. The molecule has 0 amide bonds. The lowest BCUT2D eigenvalue weighted by Crippen LogP contribution is -2.41. The molecule has 1 aliphatic rings. The molecule has 4 aromatic rings. The van der Waals surface area contributed by atoms with Gasteiger partial charge in [-0.15, -0.1) is 0 Å². The van der Waals surface area contributed by atoms with Gasteiger partial charge in [0.25, 0.3) is 10.0 Å². The summed E-state index contributed by atoms with van der Waals surface area (Å²) in [6.07, 6.45) is 1.83. The molecule has 0 spiro atoms. The maximum Gasteiger partial charge on any atom is 0.268 e. The maximum atomic E-state index is 14.0. The van der Waals surface area contributed by atoms with E-state index in [1.807, 2.05) is 72.9 Å². The summed E-state index contributed by atoms with van der Waals surface area (Å²) in [5.74, 6) is 0. The van der Waals surface area contributed by atoms with Crippen LogP contribution in [0, 0.1) is 3.57 Å². The van der Waals surface area contributed by atoms with E-state index in [9.17, 15) is 8.42 Å². The van der Waals surface area contributed by atoms with Gasteiger partial charge in [0.2, 0.25) is 0 Å². The van der Waals surface area contributed by atoms with E-state index < -0.39 is 10.0 Å². The summed E-state index contributed by atoms with van der Waals surface area (Å²) in [7, 11) is -1.75. The molecule has 0 saturated carbocycles. The van der Waals surface area contributed by atoms with E-state index in [1.54, 1.807) is 12.1 Å². The quantitative estimate of drug-likeness (QED) is 0.252. The zero-order valence-electron chi connectivity index (χ0n) is 18.8. The molecule has 34 heavy (non-hydrogen) atoms. The first-order valence-electron chi connectivity index (χ1n) is 11.1. The third-order valence-electron chi connectivity index (χ3n) is 6.10. The summed E-state index contributed by atoms with van der Waals surface area (Å²) in [5.41, 5.74) is 2.89. The molecule has 1 fully saturated rings. The van der Waals surface area contributed by atoms with Crippen LogP contribution >= 0.6 is 22.6 Å². The van der Waals surface area contributed by atoms with Crippen molar-refractivity contribution in [1.82, 2.24) is 13.9 Å². The van der Waals surface area contributed by atoms with Gasteiger partial charge in [0.05, 0.1) is 22.3 Å². The molecule has 0 unspecified atom stereocenters. The molecule has 5 rings (SSSR count). The molecule has 1 aromatic heterocycles. The molecule has 174 valence electrons. The van der Waals surface area contributed by atoms with Crippen LogP contribution in [0.2, 0.25) is 0 Å². The van der Waals surface area contributed by atoms with Crippen molar-refractivity contribution in [3.8, 4) is 11.3 Å². The van der Waals surface area contributed by atoms with Crippen molar-refractivity contribution < 1.29 is 8.42 Å². The largest absolute Gasteiger partial charge is 0.303 e. The zero-order chi connectivity index (χ0) is 23.7. The van der Waals surface area contributed by atoms with Crippen LogP contribution in [0.5, 0.6) is 0 Å². The van der Waals surface area contributed by atoms with Crippen LogP contribution < -0.4 is 0 Å². The summed E-state index contributed by atoms with van der Waals surface area (Å²) >= 11 is 2.18. The average Bonchev–Trinajstić information content (AvgIpc) is 3.20. The lowest BCUT2D eigenvalue weighted by atomic mass is 10.1. The fourth-order valence-electron chi connectivity index (χ4n) is 4.25. The lowest BCUT2D eigenvalue weighted by molar-refractivity contribution is 0.159. The van der Waals surface area contributed by atoms with Crippen LogP contribution in [-0.4, -0.2) is 61.7 Å². The number of rotatable bonds is 5. The number of hydrogen-bond acceptors (Lipinski definition) is 5. The smallest absolute Gasteiger partial charge is 0.268 e. The van der Waals surface area contributed by atoms with Gasteiger partial charge in [-0.1, -0.05) is 48.5 Å². The Morgan fingerprint density at radius 2 is 1.50 bits per heavy atom. The Hall–Kier alpha value is -2.69. The van der Waals surface area contributed by atoms with Crippen molar-refractivity contribution in [2.45, 2.75) is 4.90 Å². The Balaban J connectivity index is 1.75. The van der Waals surface area contributed by atoms with Crippen LogP contribution in [0.1, 0.15) is 5.56 Å². The van der Waals surface area contributed by atoms with Crippen molar-refractivity contribution in [2.24, 2.45) is 5.10 Å². The summed E-state index contributed by atoms with van der Waals surface area (Å²) in [6.45, 7) is 3.58. The van der Waals surface area contributed by atoms with Crippen molar-refractivity contribution in [2.75, 3.05) is 33.2 Å². The van der Waals surface area contributed by atoms with E-state index in [-0.39, 0.29) is 4.90 Å². The van der Waals surface area contributed by atoms with Crippen LogP contribution in [0.15, 0.2) is 88.9 Å². The van der Waals surface area contributed by atoms with Gasteiger partial charge in [-0.25, -0.2) is 12.4 Å². The first kappa shape index (κ1) is 23.1. The van der Waals surface area contributed by atoms with E-state index in [0.29, 0.717) is 11.2 Å². The predicted molar refractivity (Wildman–Crippen MR) is 146 cm³/mol. The Morgan fingerprint density at radius 1 is 0.853 bits per heavy atom. The van der Waals surface area contributed by atoms with Gasteiger partial charge in [-0.2, -0.15) is 5.10 Å². The Labute approximate surface area is 213 Å². The third kappa shape index (κ3) is 4.37. The summed E-state index contributed by atoms with van der Waals surface area (Å²) < 4.78 is 30.5. The Morgan fingerprint density at radius 3 is 2.21 bits per heavy atom. The van der Waals surface area contributed by atoms with Gasteiger partial charge in [0.1, 0.15) is 0 Å². The number of aromatic nitrogens is 1. The molecule has 2 heterocycles. The van der Waals surface area contributed by atoms with Crippen LogP contribution in [0.4, 0.5) is 0 Å². The first-order valence-corrected chi connectivity index (χ1v) is 13.6. The highest BCUT2D eigenvalue weighted by Crippen LogP contribution is 2.36. The van der Waals surface area contributed by atoms with Crippen LogP contribution in [0.25, 0.3) is 22.2 Å². The molecule has 1 saturated heterocycles. The molecule has 0 atom stereocenters. The molecule has 0 bridgehead atoms. The third-order valence-corrected chi connectivity index (χ3v) is 8.55. The number of para-hydroxylation sites is 1. The zero-order valence-corrected chi connectivity index (χ0v) is 21.8. The standard InChI is InChI=1S/C26H25IN4O2S/c1-29-15-17-30(18-16-29)28-19-24-23-9-5-6-10-25(23)31(26(24)20-7-3-2-4-8-20)34(32,33)22-13-11-21(27)12-14-22/h2-14,19H,15-18H2,1H3/b28-19+. The highest BCUT2D eigenvalue weighted by Gasteiger charge is 2.27. The minimum absolute atomic E-state index is 0.258. The van der Waals surface area contributed by atoms with Crippen molar-refractivity contribution in [1.29, 1.82) is 0 Å². The summed E-state index contributed by atoms with van der Waals surface area (Å²) in [4.78, 5) is 2.54. The maximum absolute atomic E-state index is 14.0. The fraction of sp³-hybridized carbons (Fsp3) is 0.192. The highest BCUT2D eigenvalue weighted by molar-refractivity contribution is 14.1. The summed E-state index contributed by atoms with van der Waals surface area (Å²) in [5, 5.41) is 7.68. The number of fused-ring (bicyclic) bond motifs is 1. The minimum Gasteiger partial charge on any atom is -0.303 e. The molecule has 1 aliphatic heterocycles. The molecule has 0 aliphatic carbocycles.